The van der Waals surface area contributed by atoms with Crippen LogP contribution in [0.2, 0.25) is 0 Å². The van der Waals surface area contributed by atoms with Crippen LogP contribution in [-0.4, -0.2) is 39.0 Å². The van der Waals surface area contributed by atoms with Crippen LogP contribution in [0.1, 0.15) is 19.9 Å². The molecule has 0 unspecified atom stereocenters. The molecule has 20 heavy (non-hydrogen) atoms. The quantitative estimate of drug-likeness (QED) is 0.522. The Bertz CT molecular complexity index is 499. The molecule has 0 aliphatic heterocycles. The van der Waals surface area contributed by atoms with Crippen LogP contribution >= 0.6 is 11.8 Å². The Morgan fingerprint density at radius 2 is 2.20 bits per heavy atom. The number of nitrogen functional groups attached to an aromatic ring is 1. The summed E-state index contributed by atoms with van der Waals surface area (Å²) in [6, 6.07) is -0.466. The minimum absolute atomic E-state index is 0.0480. The summed E-state index contributed by atoms with van der Waals surface area (Å²) in [4.78, 5) is 22.8. The van der Waals surface area contributed by atoms with Gasteiger partial charge in [-0.2, -0.15) is 0 Å². The molecule has 0 aromatic carbocycles. The van der Waals surface area contributed by atoms with Crippen molar-refractivity contribution in [1.82, 2.24) is 25.4 Å². The maximum Gasteiger partial charge on any atom is 0.321 e. The zero-order valence-electron chi connectivity index (χ0n) is 11.4. The predicted octanol–water partition coefficient (Wildman–Crippen LogP) is 0.545. The number of hydrogen-bond acceptors (Lipinski definition) is 6. The first kappa shape index (κ1) is 16.0. The number of imide groups is 1. The highest BCUT2D eigenvalue weighted by Crippen LogP contribution is 2.22. The fourth-order valence-electron chi connectivity index (χ4n) is 1.37. The SMILES string of the molecule is C=CCNC(=O)NC(=O)CSc1nnc(N)n1C(C)C. The first-order valence-electron chi connectivity index (χ1n) is 5.97. The monoisotopic (exact) mass is 298 g/mol. The standard InChI is InChI=1S/C11H18N6O2S/c1-4-5-13-10(19)14-8(18)6-20-11-16-15-9(12)17(11)7(2)3/h4,7H,1,5-6H2,2-3H3,(H2,12,15)(H2,13,14,18,19). The zero-order valence-corrected chi connectivity index (χ0v) is 12.2. The summed E-state index contributed by atoms with van der Waals surface area (Å²) in [5, 5.41) is 12.8. The van der Waals surface area contributed by atoms with Crippen molar-refractivity contribution in [2.45, 2.75) is 25.0 Å². The van der Waals surface area contributed by atoms with Crippen molar-refractivity contribution < 1.29 is 9.59 Å². The topological polar surface area (TPSA) is 115 Å². The highest BCUT2D eigenvalue weighted by atomic mass is 32.2. The molecule has 1 rings (SSSR count). The summed E-state index contributed by atoms with van der Waals surface area (Å²) >= 11 is 1.17. The lowest BCUT2D eigenvalue weighted by Crippen LogP contribution is -2.40. The van der Waals surface area contributed by atoms with Gasteiger partial charge in [-0.3, -0.25) is 14.7 Å². The van der Waals surface area contributed by atoms with Crippen LogP contribution in [0, 0.1) is 0 Å². The Morgan fingerprint density at radius 3 is 2.80 bits per heavy atom. The first-order valence-corrected chi connectivity index (χ1v) is 6.96. The molecular formula is C11H18N6O2S. The predicted molar refractivity (Wildman–Crippen MR) is 77.3 cm³/mol. The summed E-state index contributed by atoms with van der Waals surface area (Å²) in [6.07, 6.45) is 1.52. The van der Waals surface area contributed by atoms with E-state index in [0.717, 1.165) is 0 Å². The molecule has 9 heteroatoms. The second-order valence-corrected chi connectivity index (χ2v) is 5.08. The maximum atomic E-state index is 11.6. The van der Waals surface area contributed by atoms with Gasteiger partial charge in [-0.15, -0.1) is 16.8 Å². The number of nitrogens with one attached hydrogen (secondary N) is 2. The van der Waals surface area contributed by atoms with Gasteiger partial charge in [-0.25, -0.2) is 4.79 Å². The normalized spacial score (nSPS) is 10.3. The minimum Gasteiger partial charge on any atom is -0.368 e. The molecule has 0 aliphatic rings. The number of hydrogen-bond donors (Lipinski definition) is 3. The number of aromatic nitrogens is 3. The van der Waals surface area contributed by atoms with Crippen LogP contribution in [-0.2, 0) is 4.79 Å². The van der Waals surface area contributed by atoms with Crippen molar-refractivity contribution in [3.8, 4) is 0 Å². The van der Waals surface area contributed by atoms with Crippen LogP contribution in [0.15, 0.2) is 17.8 Å². The van der Waals surface area contributed by atoms with E-state index in [2.05, 4.69) is 27.4 Å². The van der Waals surface area contributed by atoms with Crippen LogP contribution < -0.4 is 16.4 Å². The minimum atomic E-state index is -0.555. The van der Waals surface area contributed by atoms with Gasteiger partial charge in [0.05, 0.1) is 5.75 Å². The van der Waals surface area contributed by atoms with E-state index in [1.54, 1.807) is 4.57 Å². The molecule has 1 heterocycles. The number of thioether (sulfide) groups is 1. The van der Waals surface area contributed by atoms with E-state index in [1.165, 1.54) is 17.8 Å². The molecule has 3 amide bonds. The second kappa shape index (κ2) is 7.53. The molecule has 0 saturated carbocycles. The van der Waals surface area contributed by atoms with E-state index in [0.29, 0.717) is 17.6 Å². The molecular weight excluding hydrogens is 280 g/mol. The summed E-state index contributed by atoms with van der Waals surface area (Å²) in [5.74, 6) is -0.0770. The Hall–Kier alpha value is -2.03. The largest absolute Gasteiger partial charge is 0.368 e. The fraction of sp³-hybridized carbons (Fsp3) is 0.455. The van der Waals surface area contributed by atoms with Crippen molar-refractivity contribution in [1.29, 1.82) is 0 Å². The van der Waals surface area contributed by atoms with Gasteiger partial charge < -0.3 is 11.1 Å². The van der Waals surface area contributed by atoms with Crippen LogP contribution in [0.3, 0.4) is 0 Å². The molecule has 0 bridgehead atoms. The average molecular weight is 298 g/mol. The summed E-state index contributed by atoms with van der Waals surface area (Å²) in [5.41, 5.74) is 5.69. The smallest absolute Gasteiger partial charge is 0.321 e. The number of carbonyl (C=O) groups excluding carboxylic acids is 2. The Morgan fingerprint density at radius 1 is 1.50 bits per heavy atom. The van der Waals surface area contributed by atoms with E-state index in [-0.39, 0.29) is 11.8 Å². The summed E-state index contributed by atoms with van der Waals surface area (Å²) < 4.78 is 1.72. The lowest BCUT2D eigenvalue weighted by Gasteiger charge is -2.11. The van der Waals surface area contributed by atoms with Gasteiger partial charge in [-0.05, 0) is 13.8 Å². The fourth-order valence-corrected chi connectivity index (χ4v) is 2.25. The molecule has 110 valence electrons. The van der Waals surface area contributed by atoms with Gasteiger partial charge in [0.25, 0.3) is 0 Å². The molecule has 1 aromatic rings. The Balaban J connectivity index is 2.49. The molecule has 0 radical (unpaired) electrons. The lowest BCUT2D eigenvalue weighted by atomic mass is 10.4. The molecule has 4 N–H and O–H groups in total. The Kier molecular flexibility index (Phi) is 6.04. The van der Waals surface area contributed by atoms with Crippen molar-refractivity contribution in [3.05, 3.63) is 12.7 Å². The molecule has 0 fully saturated rings. The zero-order chi connectivity index (χ0) is 15.1. The number of nitrogens with two attached hydrogens (primary N) is 1. The maximum absolute atomic E-state index is 11.6. The van der Waals surface area contributed by atoms with E-state index >= 15 is 0 Å². The van der Waals surface area contributed by atoms with Crippen molar-refractivity contribution in [3.63, 3.8) is 0 Å². The number of carbonyl (C=O) groups is 2. The van der Waals surface area contributed by atoms with E-state index in [4.69, 9.17) is 5.73 Å². The van der Waals surface area contributed by atoms with Crippen molar-refractivity contribution in [2.75, 3.05) is 18.0 Å². The van der Waals surface area contributed by atoms with Crippen LogP contribution in [0.25, 0.3) is 0 Å². The molecule has 1 aromatic heterocycles. The third kappa shape index (κ3) is 4.57. The molecule has 8 nitrogen and oxygen atoms in total. The number of anilines is 1. The highest BCUT2D eigenvalue weighted by molar-refractivity contribution is 7.99. The third-order valence-corrected chi connectivity index (χ3v) is 3.14. The summed E-state index contributed by atoms with van der Waals surface area (Å²) in [7, 11) is 0. The molecule has 0 saturated heterocycles. The average Bonchev–Trinajstić information content (AvgIpc) is 2.75. The van der Waals surface area contributed by atoms with Crippen LogP contribution in [0.5, 0.6) is 0 Å². The first-order chi connectivity index (χ1) is 9.45. The Labute approximate surface area is 121 Å². The number of urea groups is 1. The van der Waals surface area contributed by atoms with Gasteiger partial charge in [0.15, 0.2) is 5.16 Å². The van der Waals surface area contributed by atoms with E-state index in [1.807, 2.05) is 13.8 Å². The number of amides is 3. The lowest BCUT2D eigenvalue weighted by molar-refractivity contribution is -0.117. The van der Waals surface area contributed by atoms with Gasteiger partial charge in [0.2, 0.25) is 11.9 Å². The van der Waals surface area contributed by atoms with E-state index in [9.17, 15) is 9.59 Å². The van der Waals surface area contributed by atoms with Gasteiger partial charge in [0.1, 0.15) is 0 Å². The molecule has 0 atom stereocenters. The summed E-state index contributed by atoms with van der Waals surface area (Å²) in [6.45, 7) is 7.63. The third-order valence-electron chi connectivity index (χ3n) is 2.20. The van der Waals surface area contributed by atoms with Crippen molar-refractivity contribution >= 4 is 29.6 Å². The van der Waals surface area contributed by atoms with E-state index < -0.39 is 11.9 Å². The van der Waals surface area contributed by atoms with Gasteiger partial charge in [0, 0.05) is 12.6 Å². The van der Waals surface area contributed by atoms with Crippen LogP contribution in [0.4, 0.5) is 10.7 Å². The van der Waals surface area contributed by atoms with Crippen molar-refractivity contribution in [2.24, 2.45) is 0 Å². The number of nitrogens with zero attached hydrogens (tertiary/aromatic N) is 3. The second-order valence-electron chi connectivity index (χ2n) is 4.14. The van der Waals surface area contributed by atoms with Gasteiger partial charge >= 0.3 is 6.03 Å². The molecule has 0 aliphatic carbocycles. The van der Waals surface area contributed by atoms with Gasteiger partial charge in [-0.1, -0.05) is 17.8 Å². The highest BCUT2D eigenvalue weighted by Gasteiger charge is 2.15. The molecule has 0 spiro atoms. The number of rotatable bonds is 6.